The number of aromatic nitrogens is 4. The summed E-state index contributed by atoms with van der Waals surface area (Å²) < 4.78 is 1.38. The van der Waals surface area contributed by atoms with E-state index >= 15 is 0 Å². The van der Waals surface area contributed by atoms with Crippen LogP contribution in [0.2, 0.25) is 5.02 Å². The summed E-state index contributed by atoms with van der Waals surface area (Å²) in [5.74, 6) is -0.117. The Balaban J connectivity index is 1.82. The number of rotatable bonds is 5. The van der Waals surface area contributed by atoms with E-state index in [0.717, 1.165) is 12.0 Å². The molecule has 0 saturated carbocycles. The van der Waals surface area contributed by atoms with Gasteiger partial charge in [0.15, 0.2) is 0 Å². The molecule has 19 heavy (non-hydrogen) atoms. The maximum Gasteiger partial charge on any atom is 0.242 e. The van der Waals surface area contributed by atoms with Gasteiger partial charge in [-0.25, -0.2) is 4.68 Å². The number of carbonyl (C=O) groups is 1. The molecule has 0 aliphatic carbocycles. The van der Waals surface area contributed by atoms with Crippen molar-refractivity contribution >= 4 is 17.5 Å². The molecule has 1 heterocycles. The van der Waals surface area contributed by atoms with Crippen LogP contribution < -0.4 is 5.32 Å². The van der Waals surface area contributed by atoms with Crippen LogP contribution >= 0.6 is 11.6 Å². The van der Waals surface area contributed by atoms with Crippen molar-refractivity contribution < 1.29 is 4.79 Å². The van der Waals surface area contributed by atoms with E-state index in [1.165, 1.54) is 11.0 Å². The fourth-order valence-electron chi connectivity index (χ4n) is 1.75. The minimum atomic E-state index is -0.117. The molecular formula is C12H14ClN5O. The third-order valence-corrected chi connectivity index (χ3v) is 2.81. The van der Waals surface area contributed by atoms with Crippen molar-refractivity contribution in [2.75, 3.05) is 0 Å². The molecule has 0 aliphatic rings. The molecule has 2 rings (SSSR count). The van der Waals surface area contributed by atoms with Crippen LogP contribution in [0, 0.1) is 0 Å². The number of hydrogen-bond acceptors (Lipinski definition) is 4. The highest BCUT2D eigenvalue weighted by Crippen LogP contribution is 2.10. The molecule has 0 radical (unpaired) electrons. The largest absolute Gasteiger partial charge is 0.352 e. The molecular weight excluding hydrogens is 266 g/mol. The van der Waals surface area contributed by atoms with Gasteiger partial charge in [0.1, 0.15) is 12.9 Å². The average molecular weight is 280 g/mol. The Morgan fingerprint density at radius 2 is 2.16 bits per heavy atom. The number of amides is 1. The number of benzene rings is 1. The average Bonchev–Trinajstić information content (AvgIpc) is 2.84. The number of tetrazole rings is 1. The first-order chi connectivity index (χ1) is 9.13. The first kappa shape index (κ1) is 13.5. The molecule has 0 fully saturated rings. The molecule has 0 aliphatic heterocycles. The van der Waals surface area contributed by atoms with Gasteiger partial charge in [0.2, 0.25) is 5.91 Å². The highest BCUT2D eigenvalue weighted by atomic mass is 35.5. The molecule has 6 nitrogen and oxygen atoms in total. The molecule has 1 N–H and O–H groups in total. The minimum absolute atomic E-state index is 0.0326. The van der Waals surface area contributed by atoms with Gasteiger partial charge in [0, 0.05) is 11.1 Å². The lowest BCUT2D eigenvalue weighted by Crippen LogP contribution is -2.36. The van der Waals surface area contributed by atoms with Crippen LogP contribution in [-0.2, 0) is 17.8 Å². The molecule has 1 unspecified atom stereocenters. The van der Waals surface area contributed by atoms with Crippen LogP contribution in [0.4, 0.5) is 0 Å². The second-order valence-corrected chi connectivity index (χ2v) is 4.74. The summed E-state index contributed by atoms with van der Waals surface area (Å²) in [5.41, 5.74) is 1.12. The molecule has 1 amide bonds. The summed E-state index contributed by atoms with van der Waals surface area (Å²) in [5, 5.41) is 14.2. The van der Waals surface area contributed by atoms with E-state index in [4.69, 9.17) is 11.6 Å². The Bertz CT molecular complexity index is 526. The molecule has 1 atom stereocenters. The van der Waals surface area contributed by atoms with Crippen molar-refractivity contribution in [1.29, 1.82) is 0 Å². The van der Waals surface area contributed by atoms with Crippen LogP contribution in [0.15, 0.2) is 30.6 Å². The van der Waals surface area contributed by atoms with Crippen molar-refractivity contribution in [3.8, 4) is 0 Å². The van der Waals surface area contributed by atoms with E-state index in [-0.39, 0.29) is 18.5 Å². The summed E-state index contributed by atoms with van der Waals surface area (Å²) in [6, 6.07) is 7.61. The number of nitrogens with zero attached hydrogens (tertiary/aromatic N) is 4. The second kappa shape index (κ2) is 6.29. The van der Waals surface area contributed by atoms with E-state index in [1.807, 2.05) is 31.2 Å². The Kier molecular flexibility index (Phi) is 4.46. The number of carbonyl (C=O) groups excluding carboxylic acids is 1. The Labute approximate surface area is 115 Å². The smallest absolute Gasteiger partial charge is 0.242 e. The summed E-state index contributed by atoms with van der Waals surface area (Å²) in [6.07, 6.45) is 2.15. The summed E-state index contributed by atoms with van der Waals surface area (Å²) in [4.78, 5) is 11.7. The first-order valence-corrected chi connectivity index (χ1v) is 6.26. The summed E-state index contributed by atoms with van der Waals surface area (Å²) in [7, 11) is 0. The lowest BCUT2D eigenvalue weighted by atomic mass is 10.1. The Morgan fingerprint density at radius 3 is 2.79 bits per heavy atom. The lowest BCUT2D eigenvalue weighted by molar-refractivity contribution is -0.122. The molecule has 2 aromatic rings. The van der Waals surface area contributed by atoms with Gasteiger partial charge in [0.25, 0.3) is 0 Å². The van der Waals surface area contributed by atoms with E-state index in [0.29, 0.717) is 5.02 Å². The number of halogens is 1. The maximum atomic E-state index is 11.7. The maximum absolute atomic E-state index is 11.7. The number of hydrogen-bond donors (Lipinski definition) is 1. The molecule has 0 bridgehead atoms. The minimum Gasteiger partial charge on any atom is -0.352 e. The zero-order chi connectivity index (χ0) is 13.7. The Morgan fingerprint density at radius 1 is 1.42 bits per heavy atom. The van der Waals surface area contributed by atoms with E-state index in [2.05, 4.69) is 20.8 Å². The fraction of sp³-hybridized carbons (Fsp3) is 0.333. The van der Waals surface area contributed by atoms with E-state index in [1.54, 1.807) is 0 Å². The van der Waals surface area contributed by atoms with Crippen molar-refractivity contribution in [1.82, 2.24) is 25.5 Å². The number of nitrogens with one attached hydrogen (secondary N) is 1. The predicted molar refractivity (Wildman–Crippen MR) is 70.6 cm³/mol. The molecule has 7 heteroatoms. The molecule has 1 aromatic carbocycles. The third kappa shape index (κ3) is 4.33. The van der Waals surface area contributed by atoms with Gasteiger partial charge in [-0.1, -0.05) is 23.7 Å². The van der Waals surface area contributed by atoms with Gasteiger partial charge in [0.05, 0.1) is 0 Å². The van der Waals surface area contributed by atoms with Crippen LogP contribution in [0.25, 0.3) is 0 Å². The van der Waals surface area contributed by atoms with Crippen LogP contribution in [0.1, 0.15) is 12.5 Å². The van der Waals surface area contributed by atoms with Gasteiger partial charge in [-0.2, -0.15) is 0 Å². The first-order valence-electron chi connectivity index (χ1n) is 5.88. The molecule has 100 valence electrons. The quantitative estimate of drug-likeness (QED) is 0.889. The van der Waals surface area contributed by atoms with Crippen molar-refractivity contribution in [2.24, 2.45) is 0 Å². The lowest BCUT2D eigenvalue weighted by Gasteiger charge is -2.13. The van der Waals surface area contributed by atoms with Crippen LogP contribution in [0.3, 0.4) is 0 Å². The molecule has 0 saturated heterocycles. The molecule has 0 spiro atoms. The fourth-order valence-corrected chi connectivity index (χ4v) is 1.87. The van der Waals surface area contributed by atoms with Gasteiger partial charge in [-0.05, 0) is 41.5 Å². The Hall–Kier alpha value is -1.95. The third-order valence-electron chi connectivity index (χ3n) is 2.56. The zero-order valence-corrected chi connectivity index (χ0v) is 11.2. The molecule has 1 aromatic heterocycles. The SMILES string of the molecule is CC(Cc1ccc(Cl)cc1)NC(=O)Cn1cnnn1. The van der Waals surface area contributed by atoms with Crippen LogP contribution in [0.5, 0.6) is 0 Å². The van der Waals surface area contributed by atoms with Crippen molar-refractivity contribution in [2.45, 2.75) is 25.9 Å². The van der Waals surface area contributed by atoms with Crippen LogP contribution in [-0.4, -0.2) is 32.2 Å². The second-order valence-electron chi connectivity index (χ2n) is 4.31. The van der Waals surface area contributed by atoms with E-state index in [9.17, 15) is 4.79 Å². The zero-order valence-electron chi connectivity index (χ0n) is 10.5. The monoisotopic (exact) mass is 279 g/mol. The highest BCUT2D eigenvalue weighted by Gasteiger charge is 2.09. The topological polar surface area (TPSA) is 72.7 Å². The van der Waals surface area contributed by atoms with E-state index < -0.39 is 0 Å². The standard InChI is InChI=1S/C12H14ClN5O/c1-9(6-10-2-4-11(13)5-3-10)15-12(19)7-18-8-14-16-17-18/h2-5,8-9H,6-7H2,1H3,(H,15,19). The van der Waals surface area contributed by atoms with Gasteiger partial charge in [-0.3, -0.25) is 4.79 Å². The van der Waals surface area contributed by atoms with Crippen molar-refractivity contribution in [3.05, 3.63) is 41.2 Å². The summed E-state index contributed by atoms with van der Waals surface area (Å²) in [6.45, 7) is 2.07. The summed E-state index contributed by atoms with van der Waals surface area (Å²) >= 11 is 5.82. The van der Waals surface area contributed by atoms with Gasteiger partial charge in [-0.15, -0.1) is 5.10 Å². The normalized spacial score (nSPS) is 12.1. The van der Waals surface area contributed by atoms with Gasteiger partial charge < -0.3 is 5.32 Å². The predicted octanol–water partition coefficient (Wildman–Crippen LogP) is 1.07. The van der Waals surface area contributed by atoms with Gasteiger partial charge >= 0.3 is 0 Å². The van der Waals surface area contributed by atoms with Crippen molar-refractivity contribution in [3.63, 3.8) is 0 Å². The highest BCUT2D eigenvalue weighted by molar-refractivity contribution is 6.30.